The Labute approximate surface area is 111 Å². The van der Waals surface area contributed by atoms with Gasteiger partial charge in [0.15, 0.2) is 0 Å². The summed E-state index contributed by atoms with van der Waals surface area (Å²) in [5, 5.41) is 21.1. The van der Waals surface area contributed by atoms with Gasteiger partial charge in [0.2, 0.25) is 10.1 Å². The van der Waals surface area contributed by atoms with Crippen molar-refractivity contribution in [1.82, 2.24) is 15.1 Å². The number of carbonyl (C=O) groups is 1. The van der Waals surface area contributed by atoms with Crippen LogP contribution in [0.25, 0.3) is 0 Å². The molecule has 18 heavy (non-hydrogen) atoms. The maximum atomic E-state index is 12.0. The van der Waals surface area contributed by atoms with Gasteiger partial charge >= 0.3 is 0 Å². The van der Waals surface area contributed by atoms with E-state index in [1.54, 1.807) is 18.9 Å². The monoisotopic (exact) mass is 272 g/mol. The Balaban J connectivity index is 2.52. The first-order chi connectivity index (χ1) is 8.54. The minimum absolute atomic E-state index is 0.155. The third kappa shape index (κ3) is 4.58. The minimum atomic E-state index is -0.406. The summed E-state index contributed by atoms with van der Waals surface area (Å²) in [7, 11) is 1.70. The van der Waals surface area contributed by atoms with Gasteiger partial charge in [0.05, 0.1) is 6.10 Å². The van der Waals surface area contributed by atoms with Gasteiger partial charge in [-0.2, -0.15) is 0 Å². The molecule has 0 fully saturated rings. The van der Waals surface area contributed by atoms with E-state index in [1.807, 2.05) is 0 Å². The fraction of sp³-hybridized carbons (Fsp3) is 0.727. The zero-order valence-electron chi connectivity index (χ0n) is 11.0. The minimum Gasteiger partial charge on any atom is -0.393 e. The molecule has 1 heterocycles. The molecule has 0 aliphatic carbocycles. The molecule has 0 aromatic carbocycles. The molecule has 1 amide bonds. The van der Waals surface area contributed by atoms with E-state index in [2.05, 4.69) is 22.4 Å². The number of carbonyl (C=O) groups excluding carboxylic acids is 1. The molecule has 0 spiro atoms. The van der Waals surface area contributed by atoms with Crippen molar-refractivity contribution in [2.45, 2.75) is 32.8 Å². The summed E-state index contributed by atoms with van der Waals surface area (Å²) in [4.78, 5) is 13.5. The molecule has 102 valence electrons. The Kier molecular flexibility index (Phi) is 6.00. The topological polar surface area (TPSA) is 78.4 Å². The molecule has 0 aliphatic rings. The second-order valence-corrected chi connectivity index (χ2v) is 5.18. The van der Waals surface area contributed by atoms with Gasteiger partial charge in [0.25, 0.3) is 5.91 Å². The van der Waals surface area contributed by atoms with E-state index in [4.69, 9.17) is 0 Å². The van der Waals surface area contributed by atoms with Crippen LogP contribution in [0.15, 0.2) is 0 Å². The SMILES string of the molecule is CCCNc1nnc(C(=O)N(C)CCC(C)O)s1. The number of rotatable bonds is 7. The smallest absolute Gasteiger partial charge is 0.284 e. The molecule has 2 N–H and O–H groups in total. The van der Waals surface area contributed by atoms with Crippen LogP contribution < -0.4 is 5.32 Å². The zero-order chi connectivity index (χ0) is 13.5. The van der Waals surface area contributed by atoms with Gasteiger partial charge in [0, 0.05) is 20.1 Å². The average molecular weight is 272 g/mol. The van der Waals surface area contributed by atoms with Crippen LogP contribution in [0.2, 0.25) is 0 Å². The standard InChI is InChI=1S/C11H20N4O2S/c1-4-6-12-11-14-13-9(18-11)10(17)15(3)7-5-8(2)16/h8,16H,4-7H2,1-3H3,(H,12,14). The summed E-state index contributed by atoms with van der Waals surface area (Å²) in [6.07, 6.45) is 1.15. The van der Waals surface area contributed by atoms with Crippen molar-refractivity contribution in [3.05, 3.63) is 5.01 Å². The van der Waals surface area contributed by atoms with E-state index in [-0.39, 0.29) is 5.91 Å². The first-order valence-electron chi connectivity index (χ1n) is 6.05. The molecule has 0 aliphatic heterocycles. The number of nitrogens with zero attached hydrogens (tertiary/aromatic N) is 3. The number of hydrogen-bond acceptors (Lipinski definition) is 6. The molecule has 1 aromatic rings. The van der Waals surface area contributed by atoms with Gasteiger partial charge in [-0.05, 0) is 19.8 Å². The van der Waals surface area contributed by atoms with Crippen LogP contribution in [0.3, 0.4) is 0 Å². The summed E-state index contributed by atoms with van der Waals surface area (Å²) < 4.78 is 0. The normalized spacial score (nSPS) is 12.2. The van der Waals surface area contributed by atoms with Crippen molar-refractivity contribution in [2.75, 3.05) is 25.5 Å². The van der Waals surface area contributed by atoms with Crippen molar-refractivity contribution in [1.29, 1.82) is 0 Å². The van der Waals surface area contributed by atoms with Crippen LogP contribution in [0, 0.1) is 0 Å². The number of anilines is 1. The average Bonchev–Trinajstić information content (AvgIpc) is 2.81. The molecule has 7 heteroatoms. The lowest BCUT2D eigenvalue weighted by Gasteiger charge is -2.15. The van der Waals surface area contributed by atoms with E-state index in [1.165, 1.54) is 11.3 Å². The highest BCUT2D eigenvalue weighted by atomic mass is 32.1. The van der Waals surface area contributed by atoms with Crippen LogP contribution in [0.5, 0.6) is 0 Å². The summed E-state index contributed by atoms with van der Waals surface area (Å²) in [5.74, 6) is -0.155. The lowest BCUT2D eigenvalue weighted by molar-refractivity contribution is 0.0767. The van der Waals surface area contributed by atoms with Crippen LogP contribution in [0.1, 0.15) is 36.5 Å². The van der Waals surface area contributed by atoms with E-state index >= 15 is 0 Å². The predicted octanol–water partition coefficient (Wildman–Crippen LogP) is 1.20. The highest BCUT2D eigenvalue weighted by Crippen LogP contribution is 2.16. The predicted molar refractivity (Wildman–Crippen MR) is 71.9 cm³/mol. The molecule has 0 radical (unpaired) electrons. The number of nitrogens with one attached hydrogen (secondary N) is 1. The highest BCUT2D eigenvalue weighted by Gasteiger charge is 2.17. The summed E-state index contributed by atoms with van der Waals surface area (Å²) in [6, 6.07) is 0. The quantitative estimate of drug-likeness (QED) is 0.780. The maximum Gasteiger partial charge on any atom is 0.284 e. The molecule has 1 unspecified atom stereocenters. The fourth-order valence-corrected chi connectivity index (χ4v) is 2.02. The molecule has 0 bridgehead atoms. The van der Waals surface area contributed by atoms with Gasteiger partial charge in [0.1, 0.15) is 0 Å². The number of aromatic nitrogens is 2. The van der Waals surface area contributed by atoms with Gasteiger partial charge in [-0.1, -0.05) is 18.3 Å². The Hall–Kier alpha value is -1.21. The van der Waals surface area contributed by atoms with E-state index in [0.29, 0.717) is 23.1 Å². The van der Waals surface area contributed by atoms with Crippen LogP contribution in [-0.2, 0) is 0 Å². The van der Waals surface area contributed by atoms with Crippen molar-refractivity contribution < 1.29 is 9.90 Å². The third-order valence-corrected chi connectivity index (χ3v) is 3.23. The van der Waals surface area contributed by atoms with Crippen molar-refractivity contribution in [3.63, 3.8) is 0 Å². The summed E-state index contributed by atoms with van der Waals surface area (Å²) in [5.41, 5.74) is 0. The second kappa shape index (κ2) is 7.27. The number of hydrogen-bond donors (Lipinski definition) is 2. The highest BCUT2D eigenvalue weighted by molar-refractivity contribution is 7.17. The number of amides is 1. The number of aliphatic hydroxyl groups excluding tert-OH is 1. The van der Waals surface area contributed by atoms with Gasteiger partial charge < -0.3 is 15.3 Å². The first-order valence-corrected chi connectivity index (χ1v) is 6.87. The van der Waals surface area contributed by atoms with Crippen LogP contribution in [-0.4, -0.2) is 52.4 Å². The van der Waals surface area contributed by atoms with Gasteiger partial charge in [-0.15, -0.1) is 10.2 Å². The molecular formula is C11H20N4O2S. The number of aliphatic hydroxyl groups is 1. The summed E-state index contributed by atoms with van der Waals surface area (Å²) >= 11 is 1.26. The molecule has 1 rings (SSSR count). The molecule has 6 nitrogen and oxygen atoms in total. The van der Waals surface area contributed by atoms with Crippen LogP contribution >= 0.6 is 11.3 Å². The molecule has 1 aromatic heterocycles. The lowest BCUT2D eigenvalue weighted by atomic mass is 10.3. The van der Waals surface area contributed by atoms with E-state index < -0.39 is 6.10 Å². The van der Waals surface area contributed by atoms with Crippen molar-refractivity contribution in [3.8, 4) is 0 Å². The fourth-order valence-electron chi connectivity index (χ4n) is 1.26. The maximum absolute atomic E-state index is 12.0. The summed E-state index contributed by atoms with van der Waals surface area (Å²) in [6.45, 7) is 5.09. The third-order valence-electron chi connectivity index (χ3n) is 2.36. The first kappa shape index (κ1) is 14.8. The van der Waals surface area contributed by atoms with E-state index in [0.717, 1.165) is 13.0 Å². The zero-order valence-corrected chi connectivity index (χ0v) is 11.8. The Morgan fingerprint density at radius 3 is 2.89 bits per heavy atom. The van der Waals surface area contributed by atoms with Crippen LogP contribution in [0.4, 0.5) is 5.13 Å². The van der Waals surface area contributed by atoms with E-state index in [9.17, 15) is 9.90 Å². The van der Waals surface area contributed by atoms with Gasteiger partial charge in [-0.25, -0.2) is 0 Å². The Morgan fingerprint density at radius 2 is 2.28 bits per heavy atom. The Morgan fingerprint density at radius 1 is 1.56 bits per heavy atom. The Bertz CT molecular complexity index is 381. The van der Waals surface area contributed by atoms with Gasteiger partial charge in [-0.3, -0.25) is 4.79 Å². The largest absolute Gasteiger partial charge is 0.393 e. The second-order valence-electron chi connectivity index (χ2n) is 4.20. The molecular weight excluding hydrogens is 252 g/mol. The molecule has 0 saturated heterocycles. The molecule has 0 saturated carbocycles. The lowest BCUT2D eigenvalue weighted by Crippen LogP contribution is -2.29. The van der Waals surface area contributed by atoms with Crippen molar-refractivity contribution >= 4 is 22.4 Å². The van der Waals surface area contributed by atoms with Crippen molar-refractivity contribution in [2.24, 2.45) is 0 Å². The molecule has 1 atom stereocenters.